The molecule has 2 heterocycles. The molecule has 0 radical (unpaired) electrons. The van der Waals surface area contributed by atoms with E-state index in [1.807, 2.05) is 36.7 Å². The van der Waals surface area contributed by atoms with E-state index in [4.69, 9.17) is 0 Å². The summed E-state index contributed by atoms with van der Waals surface area (Å²) in [4.78, 5) is 4.18. The van der Waals surface area contributed by atoms with Crippen LogP contribution in [0.15, 0.2) is 48.8 Å². The summed E-state index contributed by atoms with van der Waals surface area (Å²) in [5.41, 5.74) is 2.22. The van der Waals surface area contributed by atoms with Crippen molar-refractivity contribution in [2.24, 2.45) is 0 Å². The van der Waals surface area contributed by atoms with Gasteiger partial charge in [-0.3, -0.25) is 10.1 Å². The first kappa shape index (κ1) is 13.7. The second kappa shape index (κ2) is 6.97. The lowest BCUT2D eigenvalue weighted by Crippen LogP contribution is -2.04. The minimum Gasteiger partial charge on any atom is -0.265 e. The Labute approximate surface area is 124 Å². The van der Waals surface area contributed by atoms with Gasteiger partial charge >= 0.3 is 0 Å². The summed E-state index contributed by atoms with van der Waals surface area (Å²) in [6.45, 7) is 0. The van der Waals surface area contributed by atoms with Crippen LogP contribution in [0.1, 0.15) is 43.7 Å². The zero-order valence-electron chi connectivity index (χ0n) is 12.1. The van der Waals surface area contributed by atoms with Gasteiger partial charge in [-0.15, -0.1) is 5.10 Å². The lowest BCUT2D eigenvalue weighted by molar-refractivity contribution is 0.436. The maximum atomic E-state index is 4.18. The van der Waals surface area contributed by atoms with E-state index in [-0.39, 0.29) is 0 Å². The van der Waals surface area contributed by atoms with Crippen molar-refractivity contribution >= 4 is 10.9 Å². The fourth-order valence-electron chi connectivity index (χ4n) is 2.82. The molecule has 21 heavy (non-hydrogen) atoms. The Hall–Kier alpha value is -2.23. The Kier molecular flexibility index (Phi) is 4.56. The second-order valence-electron chi connectivity index (χ2n) is 5.43. The van der Waals surface area contributed by atoms with Crippen molar-refractivity contribution in [2.75, 3.05) is 0 Å². The van der Waals surface area contributed by atoms with Gasteiger partial charge in [-0.05, 0) is 25.0 Å². The smallest absolute Gasteiger partial charge is 0.0855 e. The number of nitrogens with zero attached hydrogens (tertiary/aromatic N) is 3. The summed E-state index contributed by atoms with van der Waals surface area (Å²) in [5.74, 6) is 0.683. The maximum Gasteiger partial charge on any atom is 0.0855 e. The molecule has 0 atom stereocenters. The first-order valence-corrected chi connectivity index (χ1v) is 7.59. The number of benzene rings is 1. The van der Waals surface area contributed by atoms with Crippen LogP contribution in [0.3, 0.4) is 0 Å². The normalized spacial score (nSPS) is 15.4. The Morgan fingerprint density at radius 3 is 2.52 bits per heavy atom. The van der Waals surface area contributed by atoms with Gasteiger partial charge in [0, 0.05) is 23.7 Å². The molecule has 0 unspecified atom stereocenters. The number of aromatic amines is 1. The summed E-state index contributed by atoms with van der Waals surface area (Å²) in [7, 11) is 0. The highest BCUT2D eigenvalue weighted by Gasteiger charge is 2.16. The first-order valence-electron chi connectivity index (χ1n) is 7.59. The van der Waals surface area contributed by atoms with Crippen LogP contribution in [-0.4, -0.2) is 20.4 Å². The van der Waals surface area contributed by atoms with Gasteiger partial charge in [-0.2, -0.15) is 0 Å². The molecule has 0 saturated heterocycles. The van der Waals surface area contributed by atoms with E-state index in [9.17, 15) is 0 Å². The summed E-state index contributed by atoms with van der Waals surface area (Å²) in [6, 6.07) is 12.1. The minimum atomic E-state index is 0.683. The molecule has 0 aliphatic heterocycles. The molecule has 1 aliphatic rings. The van der Waals surface area contributed by atoms with E-state index in [1.165, 1.54) is 37.5 Å². The molecular weight excluding hydrogens is 260 g/mol. The summed E-state index contributed by atoms with van der Waals surface area (Å²) < 4.78 is 0. The third-order valence-electron chi connectivity index (χ3n) is 3.97. The van der Waals surface area contributed by atoms with Crippen LogP contribution in [-0.2, 0) is 0 Å². The fourth-order valence-corrected chi connectivity index (χ4v) is 2.82. The van der Waals surface area contributed by atoms with Crippen LogP contribution in [0.5, 0.6) is 0 Å². The molecule has 1 aliphatic carbocycles. The van der Waals surface area contributed by atoms with Gasteiger partial charge in [0.2, 0.25) is 0 Å². The van der Waals surface area contributed by atoms with Crippen LogP contribution in [0.2, 0.25) is 0 Å². The quantitative estimate of drug-likeness (QED) is 0.730. The molecule has 1 N–H and O–H groups in total. The van der Waals surface area contributed by atoms with E-state index in [0.29, 0.717) is 5.92 Å². The van der Waals surface area contributed by atoms with Crippen LogP contribution in [0, 0.1) is 0 Å². The lowest BCUT2D eigenvalue weighted by atomic mass is 9.87. The molecule has 1 aromatic carbocycles. The van der Waals surface area contributed by atoms with Crippen LogP contribution in [0.4, 0.5) is 0 Å². The Morgan fingerprint density at radius 1 is 0.952 bits per heavy atom. The van der Waals surface area contributed by atoms with Crippen molar-refractivity contribution in [3.8, 4) is 0 Å². The van der Waals surface area contributed by atoms with Crippen molar-refractivity contribution in [1.29, 1.82) is 0 Å². The number of hydrogen-bond acceptors (Lipinski definition) is 3. The van der Waals surface area contributed by atoms with E-state index in [1.54, 1.807) is 0 Å². The van der Waals surface area contributed by atoms with Crippen molar-refractivity contribution in [2.45, 2.75) is 38.0 Å². The molecule has 1 fully saturated rings. The lowest BCUT2D eigenvalue weighted by Gasteiger charge is -2.18. The van der Waals surface area contributed by atoms with E-state index >= 15 is 0 Å². The van der Waals surface area contributed by atoms with Gasteiger partial charge in [0.15, 0.2) is 0 Å². The average Bonchev–Trinajstić information content (AvgIpc) is 3.11. The zero-order chi connectivity index (χ0) is 14.3. The fraction of sp³-hybridized carbons (Fsp3) is 0.353. The molecule has 0 bridgehead atoms. The predicted octanol–water partition coefficient (Wildman–Crippen LogP) is 4.09. The zero-order valence-corrected chi connectivity index (χ0v) is 12.1. The Balaban J connectivity index is 0.000000126. The summed E-state index contributed by atoms with van der Waals surface area (Å²) >= 11 is 0. The topological polar surface area (TPSA) is 54.5 Å². The number of aromatic nitrogens is 4. The molecule has 0 spiro atoms. The number of hydrogen-bond donors (Lipinski definition) is 1. The predicted molar refractivity (Wildman–Crippen MR) is 84.0 cm³/mol. The molecular formula is C17H20N4. The Bertz CT molecular complexity index is 592. The molecule has 3 aromatic rings. The Morgan fingerprint density at radius 2 is 1.76 bits per heavy atom. The second-order valence-corrected chi connectivity index (χ2v) is 5.43. The molecule has 4 heteroatoms. The van der Waals surface area contributed by atoms with Gasteiger partial charge in [-0.25, -0.2) is 0 Å². The molecule has 0 amide bonds. The number of pyridine rings is 1. The molecule has 1 saturated carbocycles. The summed E-state index contributed by atoms with van der Waals surface area (Å²) in [6.07, 6.45) is 10.4. The maximum absolute atomic E-state index is 4.18. The van der Waals surface area contributed by atoms with Gasteiger partial charge < -0.3 is 0 Å². The number of para-hydroxylation sites is 1. The standard InChI is InChI=1S/C9H7N.C8H13N3/c1-2-6-9-8(4-1)5-3-7-10-9;1-2-4-7(5-3-1)8-6-9-11-10-8/h1-7H;6-7H,1-5H2,(H,9,10,11). The largest absolute Gasteiger partial charge is 0.265 e. The minimum absolute atomic E-state index is 0.683. The average molecular weight is 280 g/mol. The van der Waals surface area contributed by atoms with Crippen LogP contribution in [0.25, 0.3) is 10.9 Å². The number of H-pyrrole nitrogens is 1. The SMILES string of the molecule is c1[nH]nnc1C1CCCCC1.c1ccc2ncccc2c1. The van der Waals surface area contributed by atoms with Crippen molar-refractivity contribution in [1.82, 2.24) is 20.4 Å². The van der Waals surface area contributed by atoms with Gasteiger partial charge in [0.1, 0.15) is 0 Å². The highest BCUT2D eigenvalue weighted by Crippen LogP contribution is 2.30. The molecule has 4 nitrogen and oxygen atoms in total. The van der Waals surface area contributed by atoms with Crippen molar-refractivity contribution in [3.05, 3.63) is 54.5 Å². The molecule has 2 aromatic heterocycles. The number of nitrogens with one attached hydrogen (secondary N) is 1. The van der Waals surface area contributed by atoms with E-state index in [0.717, 1.165) is 11.2 Å². The van der Waals surface area contributed by atoms with Gasteiger partial charge in [-0.1, -0.05) is 48.7 Å². The highest BCUT2D eigenvalue weighted by atomic mass is 15.3. The monoisotopic (exact) mass is 280 g/mol. The van der Waals surface area contributed by atoms with Gasteiger partial charge in [0.25, 0.3) is 0 Å². The van der Waals surface area contributed by atoms with E-state index < -0.39 is 0 Å². The van der Waals surface area contributed by atoms with Crippen LogP contribution < -0.4 is 0 Å². The van der Waals surface area contributed by atoms with Crippen molar-refractivity contribution in [3.63, 3.8) is 0 Å². The summed E-state index contributed by atoms with van der Waals surface area (Å²) in [5, 5.41) is 11.7. The third-order valence-corrected chi connectivity index (χ3v) is 3.97. The third kappa shape index (κ3) is 3.66. The van der Waals surface area contributed by atoms with Crippen LogP contribution >= 0.6 is 0 Å². The van der Waals surface area contributed by atoms with E-state index in [2.05, 4.69) is 32.5 Å². The molecule has 4 rings (SSSR count). The highest BCUT2D eigenvalue weighted by molar-refractivity contribution is 5.77. The first-order chi connectivity index (χ1) is 10.4. The number of rotatable bonds is 1. The molecule has 108 valence electrons. The number of fused-ring (bicyclic) bond motifs is 1. The van der Waals surface area contributed by atoms with Gasteiger partial charge in [0.05, 0.1) is 11.2 Å². The van der Waals surface area contributed by atoms with Crippen molar-refractivity contribution < 1.29 is 0 Å².